The Bertz CT molecular complexity index is 869. The summed E-state index contributed by atoms with van der Waals surface area (Å²) in [5.41, 5.74) is 1.51. The summed E-state index contributed by atoms with van der Waals surface area (Å²) >= 11 is 0. The number of carbonyl (C=O) groups is 1. The third kappa shape index (κ3) is 3.03. The maximum absolute atomic E-state index is 13.9. The number of carbonyl (C=O) groups excluding carboxylic acids is 1. The van der Waals surface area contributed by atoms with E-state index in [4.69, 9.17) is 0 Å². The van der Waals surface area contributed by atoms with Crippen molar-refractivity contribution in [3.63, 3.8) is 0 Å². The van der Waals surface area contributed by atoms with E-state index in [1.54, 1.807) is 36.0 Å². The van der Waals surface area contributed by atoms with E-state index in [2.05, 4.69) is 25.6 Å². The van der Waals surface area contributed by atoms with Crippen LogP contribution in [0.3, 0.4) is 0 Å². The van der Waals surface area contributed by atoms with Crippen molar-refractivity contribution in [3.8, 4) is 22.8 Å². The highest BCUT2D eigenvalue weighted by molar-refractivity contribution is 5.77. The smallest absolute Gasteiger partial charge is 0.227 e. The number of hydrogen-bond acceptors (Lipinski definition) is 4. The molecule has 1 amide bonds. The lowest BCUT2D eigenvalue weighted by molar-refractivity contribution is -0.120. The summed E-state index contributed by atoms with van der Waals surface area (Å²) in [5, 5.41) is 13.9. The molecule has 1 aromatic carbocycles. The van der Waals surface area contributed by atoms with E-state index >= 15 is 0 Å². The molecule has 2 N–H and O–H groups in total. The first-order valence-electron chi connectivity index (χ1n) is 7.57. The monoisotopic (exact) mass is 328 g/mol. The molecule has 0 aliphatic heterocycles. The zero-order valence-electron chi connectivity index (χ0n) is 13.4. The molecule has 2 aromatic heterocycles. The quantitative estimate of drug-likeness (QED) is 0.747. The second-order valence-electron chi connectivity index (χ2n) is 5.16. The summed E-state index contributed by atoms with van der Waals surface area (Å²) in [6.45, 7) is 2.51. The molecule has 0 saturated heterocycles. The van der Waals surface area contributed by atoms with Crippen molar-refractivity contribution in [2.24, 2.45) is 0 Å². The number of aromatic amines is 1. The second kappa shape index (κ2) is 6.61. The Morgan fingerprint density at radius 3 is 2.88 bits per heavy atom. The highest BCUT2D eigenvalue weighted by Crippen LogP contribution is 2.24. The van der Waals surface area contributed by atoms with Gasteiger partial charge in [-0.2, -0.15) is 10.2 Å². The van der Waals surface area contributed by atoms with E-state index in [0.717, 1.165) is 0 Å². The third-order valence-electron chi connectivity index (χ3n) is 3.58. The molecule has 0 saturated carbocycles. The molecule has 0 fully saturated rings. The largest absolute Gasteiger partial charge is 0.359 e. The van der Waals surface area contributed by atoms with Gasteiger partial charge in [0.2, 0.25) is 5.91 Å². The van der Waals surface area contributed by atoms with Gasteiger partial charge < -0.3 is 5.32 Å². The number of rotatable bonds is 5. The number of amides is 1. The van der Waals surface area contributed by atoms with Crippen LogP contribution in [0.5, 0.6) is 0 Å². The molecule has 0 bridgehead atoms. The van der Waals surface area contributed by atoms with Crippen molar-refractivity contribution in [3.05, 3.63) is 42.0 Å². The van der Waals surface area contributed by atoms with E-state index < -0.39 is 0 Å². The van der Waals surface area contributed by atoms with Gasteiger partial charge in [-0.05, 0) is 25.1 Å². The predicted octanol–water partition coefficient (Wildman–Crippen LogP) is 1.78. The number of likely N-dealkylation sites (N-methyl/N-ethyl adjacent to an activating group) is 1. The minimum absolute atomic E-state index is 0.102. The molecule has 2 heterocycles. The lowest BCUT2D eigenvalue weighted by Crippen LogP contribution is -2.20. The second-order valence-corrected chi connectivity index (χ2v) is 5.16. The molecule has 0 radical (unpaired) electrons. The Hall–Kier alpha value is -3.03. The lowest BCUT2D eigenvalue weighted by atomic mass is 10.1. The van der Waals surface area contributed by atoms with Crippen LogP contribution in [0, 0.1) is 5.82 Å². The van der Waals surface area contributed by atoms with Gasteiger partial charge in [0.1, 0.15) is 11.5 Å². The summed E-state index contributed by atoms with van der Waals surface area (Å²) < 4.78 is 15.6. The highest BCUT2D eigenvalue weighted by Gasteiger charge is 2.16. The van der Waals surface area contributed by atoms with Gasteiger partial charge in [0.25, 0.3) is 0 Å². The van der Waals surface area contributed by atoms with Crippen molar-refractivity contribution in [2.75, 3.05) is 7.05 Å². The van der Waals surface area contributed by atoms with Gasteiger partial charge in [-0.15, -0.1) is 0 Å². The fourth-order valence-electron chi connectivity index (χ4n) is 2.36. The number of benzene rings is 1. The molecule has 0 spiro atoms. The molecule has 0 atom stereocenters. The number of nitrogens with one attached hydrogen (secondary N) is 2. The average molecular weight is 328 g/mol. The van der Waals surface area contributed by atoms with Crippen molar-refractivity contribution in [1.82, 2.24) is 30.3 Å². The molecule has 0 aliphatic carbocycles. The predicted molar refractivity (Wildman–Crippen MR) is 86.4 cm³/mol. The molecule has 8 heteroatoms. The van der Waals surface area contributed by atoms with Crippen molar-refractivity contribution in [1.29, 1.82) is 0 Å². The summed E-state index contributed by atoms with van der Waals surface area (Å²) in [7, 11) is 1.57. The van der Waals surface area contributed by atoms with Crippen LogP contribution < -0.4 is 5.32 Å². The number of aryl methyl sites for hydroxylation is 1. The standard InChI is InChI=1S/C16H17FN6O/c1-3-23-16(19-14(22-23)9-15(24)18-2)13-8-12(20-21-13)10-6-4-5-7-11(10)17/h4-8H,3,9H2,1-2H3,(H,18,24)(H,20,21). The molecule has 7 nitrogen and oxygen atoms in total. The highest BCUT2D eigenvalue weighted by atomic mass is 19.1. The SMILES string of the molecule is CCn1nc(CC(=O)NC)nc1-c1cc(-c2ccccc2F)n[nH]1. The van der Waals surface area contributed by atoms with E-state index in [1.165, 1.54) is 6.07 Å². The van der Waals surface area contributed by atoms with Crippen LogP contribution in [0.2, 0.25) is 0 Å². The van der Waals surface area contributed by atoms with Gasteiger partial charge in [0, 0.05) is 19.2 Å². The molecule has 3 rings (SSSR count). The van der Waals surface area contributed by atoms with Gasteiger partial charge in [0.15, 0.2) is 11.6 Å². The normalized spacial score (nSPS) is 10.8. The maximum Gasteiger partial charge on any atom is 0.227 e. The molecular weight excluding hydrogens is 311 g/mol. The minimum Gasteiger partial charge on any atom is -0.359 e. The van der Waals surface area contributed by atoms with Crippen molar-refractivity contribution < 1.29 is 9.18 Å². The van der Waals surface area contributed by atoms with Gasteiger partial charge in [-0.1, -0.05) is 12.1 Å². The minimum atomic E-state index is -0.340. The lowest BCUT2D eigenvalue weighted by Gasteiger charge is -1.98. The molecule has 0 aliphatic rings. The van der Waals surface area contributed by atoms with E-state index in [0.29, 0.717) is 35.1 Å². The summed E-state index contributed by atoms with van der Waals surface area (Å²) in [6.07, 6.45) is 0.102. The number of hydrogen-bond donors (Lipinski definition) is 2. The third-order valence-corrected chi connectivity index (χ3v) is 3.58. The van der Waals surface area contributed by atoms with Crippen LogP contribution in [-0.2, 0) is 17.8 Å². The van der Waals surface area contributed by atoms with Gasteiger partial charge in [0.05, 0.1) is 12.1 Å². The first-order valence-corrected chi connectivity index (χ1v) is 7.57. The van der Waals surface area contributed by atoms with E-state index in [9.17, 15) is 9.18 Å². The first kappa shape index (κ1) is 15.9. The molecular formula is C16H17FN6O. The van der Waals surface area contributed by atoms with Crippen LogP contribution >= 0.6 is 0 Å². The average Bonchev–Trinajstić information content (AvgIpc) is 3.21. The summed E-state index contributed by atoms with van der Waals surface area (Å²) in [6, 6.07) is 8.16. The van der Waals surface area contributed by atoms with Crippen LogP contribution in [0.15, 0.2) is 30.3 Å². The molecule has 0 unspecified atom stereocenters. The van der Waals surface area contributed by atoms with Gasteiger partial charge in [-0.25, -0.2) is 14.1 Å². The topological polar surface area (TPSA) is 88.5 Å². The Labute approximate surface area is 137 Å². The molecule has 124 valence electrons. The Balaban J connectivity index is 1.95. The number of nitrogens with zero attached hydrogens (tertiary/aromatic N) is 4. The Morgan fingerprint density at radius 1 is 1.38 bits per heavy atom. The van der Waals surface area contributed by atoms with Crippen LogP contribution in [0.4, 0.5) is 4.39 Å². The Morgan fingerprint density at radius 2 is 2.17 bits per heavy atom. The fraction of sp³-hybridized carbons (Fsp3) is 0.250. The number of aromatic nitrogens is 5. The number of halogens is 1. The van der Waals surface area contributed by atoms with Crippen molar-refractivity contribution >= 4 is 5.91 Å². The van der Waals surface area contributed by atoms with Gasteiger partial charge >= 0.3 is 0 Å². The van der Waals surface area contributed by atoms with E-state index in [-0.39, 0.29) is 18.1 Å². The number of H-pyrrole nitrogens is 1. The first-order chi connectivity index (χ1) is 11.6. The Kier molecular flexibility index (Phi) is 4.37. The summed E-state index contributed by atoms with van der Waals surface area (Å²) in [4.78, 5) is 15.9. The van der Waals surface area contributed by atoms with Crippen molar-refractivity contribution in [2.45, 2.75) is 19.9 Å². The molecule has 24 heavy (non-hydrogen) atoms. The molecule has 3 aromatic rings. The van der Waals surface area contributed by atoms with E-state index in [1.807, 2.05) is 6.92 Å². The zero-order valence-corrected chi connectivity index (χ0v) is 13.4. The van der Waals surface area contributed by atoms with Crippen LogP contribution in [0.25, 0.3) is 22.8 Å². The van der Waals surface area contributed by atoms with Crippen LogP contribution in [0.1, 0.15) is 12.7 Å². The maximum atomic E-state index is 13.9. The van der Waals surface area contributed by atoms with Gasteiger partial charge in [-0.3, -0.25) is 9.89 Å². The summed E-state index contributed by atoms with van der Waals surface area (Å²) in [5.74, 6) is 0.485. The zero-order chi connectivity index (χ0) is 17.1. The fourth-order valence-corrected chi connectivity index (χ4v) is 2.36. The van der Waals surface area contributed by atoms with Crippen LogP contribution in [-0.4, -0.2) is 37.9 Å².